The molecule has 2 rings (SSSR count). The van der Waals surface area contributed by atoms with Gasteiger partial charge in [-0.1, -0.05) is 12.8 Å². The lowest BCUT2D eigenvalue weighted by Gasteiger charge is -2.41. The van der Waals surface area contributed by atoms with Gasteiger partial charge >= 0.3 is 0 Å². The third-order valence-corrected chi connectivity index (χ3v) is 3.62. The van der Waals surface area contributed by atoms with Crippen LogP contribution in [0.2, 0.25) is 0 Å². The average molecular weight is 171 g/mol. The summed E-state index contributed by atoms with van der Waals surface area (Å²) in [6.07, 6.45) is 5.35. The lowest BCUT2D eigenvalue weighted by atomic mass is 9.69. The summed E-state index contributed by atoms with van der Waals surface area (Å²) in [4.78, 5) is 0. The summed E-state index contributed by atoms with van der Waals surface area (Å²) in [7, 11) is 1.89. The Labute approximate surface area is 73.7 Å². The molecule has 0 amide bonds. The lowest BCUT2D eigenvalue weighted by molar-refractivity contribution is 0.0561. The molecule has 70 valence electrons. The van der Waals surface area contributed by atoms with Gasteiger partial charge in [0.1, 0.15) is 6.17 Å². The molecule has 0 heterocycles. The van der Waals surface area contributed by atoms with Gasteiger partial charge in [0, 0.05) is 6.04 Å². The van der Waals surface area contributed by atoms with E-state index in [1.165, 1.54) is 12.8 Å². The zero-order valence-corrected chi connectivity index (χ0v) is 7.72. The number of hydrogen-bond acceptors (Lipinski definition) is 1. The SMILES string of the molecule is CN[C@H]1C[C@@H]2CCC[C@@H](C2)[C@H]1F. The van der Waals surface area contributed by atoms with Crippen LogP contribution >= 0.6 is 0 Å². The molecule has 2 fully saturated rings. The molecule has 0 spiro atoms. The molecule has 0 aromatic rings. The summed E-state index contributed by atoms with van der Waals surface area (Å²) in [5, 5.41) is 3.11. The quantitative estimate of drug-likeness (QED) is 0.637. The van der Waals surface area contributed by atoms with Gasteiger partial charge in [-0.15, -0.1) is 0 Å². The molecule has 1 N–H and O–H groups in total. The minimum Gasteiger partial charge on any atom is -0.314 e. The number of alkyl halides is 1. The Kier molecular flexibility index (Phi) is 2.35. The summed E-state index contributed by atoms with van der Waals surface area (Å²) < 4.78 is 13.7. The van der Waals surface area contributed by atoms with Crippen LogP contribution in [0.25, 0.3) is 0 Å². The Morgan fingerprint density at radius 3 is 2.83 bits per heavy atom. The Morgan fingerprint density at radius 2 is 2.08 bits per heavy atom. The van der Waals surface area contributed by atoms with E-state index >= 15 is 0 Å². The molecule has 0 aromatic heterocycles. The molecule has 2 aliphatic rings. The van der Waals surface area contributed by atoms with Crippen molar-refractivity contribution in [2.45, 2.75) is 44.3 Å². The average Bonchev–Trinajstić information content (AvgIpc) is 2.12. The van der Waals surface area contributed by atoms with Gasteiger partial charge in [-0.25, -0.2) is 4.39 Å². The van der Waals surface area contributed by atoms with Crippen molar-refractivity contribution < 1.29 is 4.39 Å². The van der Waals surface area contributed by atoms with E-state index in [9.17, 15) is 4.39 Å². The summed E-state index contributed by atoms with van der Waals surface area (Å²) in [5.41, 5.74) is 0. The fraction of sp³-hybridized carbons (Fsp3) is 1.00. The highest BCUT2D eigenvalue weighted by atomic mass is 19.1. The molecule has 4 atom stereocenters. The first kappa shape index (κ1) is 8.49. The Balaban J connectivity index is 2.03. The summed E-state index contributed by atoms with van der Waals surface area (Å²) >= 11 is 0. The van der Waals surface area contributed by atoms with E-state index < -0.39 is 6.17 Å². The van der Waals surface area contributed by atoms with E-state index in [-0.39, 0.29) is 6.04 Å². The summed E-state index contributed by atoms with van der Waals surface area (Å²) in [6.45, 7) is 0. The normalized spacial score (nSPS) is 47.5. The van der Waals surface area contributed by atoms with E-state index in [2.05, 4.69) is 5.32 Å². The van der Waals surface area contributed by atoms with Crippen molar-refractivity contribution in [3.8, 4) is 0 Å². The van der Waals surface area contributed by atoms with Crippen LogP contribution in [0.5, 0.6) is 0 Å². The number of halogens is 1. The van der Waals surface area contributed by atoms with E-state index in [1.54, 1.807) is 0 Å². The number of nitrogens with one attached hydrogen (secondary N) is 1. The van der Waals surface area contributed by atoms with E-state index in [0.29, 0.717) is 5.92 Å². The van der Waals surface area contributed by atoms with Gasteiger partial charge in [0.25, 0.3) is 0 Å². The predicted octanol–water partition coefficient (Wildman–Crippen LogP) is 2.12. The molecule has 1 nitrogen and oxygen atoms in total. The number of rotatable bonds is 1. The van der Waals surface area contributed by atoms with Crippen molar-refractivity contribution >= 4 is 0 Å². The van der Waals surface area contributed by atoms with Crippen LogP contribution < -0.4 is 5.32 Å². The third-order valence-electron chi connectivity index (χ3n) is 3.62. The zero-order chi connectivity index (χ0) is 8.55. The Hall–Kier alpha value is -0.110. The van der Waals surface area contributed by atoms with Crippen molar-refractivity contribution in [1.29, 1.82) is 0 Å². The first-order valence-corrected chi connectivity index (χ1v) is 5.12. The fourth-order valence-corrected chi connectivity index (χ4v) is 2.93. The predicted molar refractivity (Wildman–Crippen MR) is 47.8 cm³/mol. The minimum absolute atomic E-state index is 0.147. The number of fused-ring (bicyclic) bond motifs is 2. The second-order valence-corrected chi connectivity index (χ2v) is 4.37. The molecule has 0 radical (unpaired) electrons. The van der Waals surface area contributed by atoms with Crippen LogP contribution in [0.15, 0.2) is 0 Å². The molecule has 2 aliphatic carbocycles. The highest BCUT2D eigenvalue weighted by Gasteiger charge is 2.39. The van der Waals surface area contributed by atoms with Gasteiger partial charge in [0.05, 0.1) is 0 Å². The maximum absolute atomic E-state index is 13.7. The van der Waals surface area contributed by atoms with E-state index in [4.69, 9.17) is 0 Å². The largest absolute Gasteiger partial charge is 0.314 e. The highest BCUT2D eigenvalue weighted by Crippen LogP contribution is 2.41. The monoisotopic (exact) mass is 171 g/mol. The molecule has 0 unspecified atom stereocenters. The zero-order valence-electron chi connectivity index (χ0n) is 7.72. The van der Waals surface area contributed by atoms with Gasteiger partial charge in [0.2, 0.25) is 0 Å². The standard InChI is InChI=1S/C10H18FN/c1-12-9-6-7-3-2-4-8(5-7)10(9)11/h7-10,12H,2-6H2,1H3/t7-,8+,9+,10-/m1/s1. The van der Waals surface area contributed by atoms with E-state index in [0.717, 1.165) is 25.2 Å². The molecule has 2 heteroatoms. The highest BCUT2D eigenvalue weighted by molar-refractivity contribution is 4.92. The van der Waals surface area contributed by atoms with Crippen LogP contribution in [0.4, 0.5) is 4.39 Å². The molecule has 0 aliphatic heterocycles. The van der Waals surface area contributed by atoms with Crippen molar-refractivity contribution in [2.75, 3.05) is 7.05 Å². The van der Waals surface area contributed by atoms with Crippen LogP contribution in [0.3, 0.4) is 0 Å². The minimum atomic E-state index is -0.577. The van der Waals surface area contributed by atoms with Gasteiger partial charge in [-0.2, -0.15) is 0 Å². The van der Waals surface area contributed by atoms with E-state index in [1.807, 2.05) is 7.05 Å². The Morgan fingerprint density at radius 1 is 1.25 bits per heavy atom. The van der Waals surface area contributed by atoms with Crippen molar-refractivity contribution in [1.82, 2.24) is 5.32 Å². The van der Waals surface area contributed by atoms with Crippen LogP contribution in [-0.2, 0) is 0 Å². The van der Waals surface area contributed by atoms with Crippen molar-refractivity contribution in [2.24, 2.45) is 11.8 Å². The second kappa shape index (κ2) is 3.33. The summed E-state index contributed by atoms with van der Waals surface area (Å²) in [6, 6.07) is 0.147. The molecular formula is C10H18FN. The van der Waals surface area contributed by atoms with Crippen LogP contribution in [0, 0.1) is 11.8 Å². The first-order valence-electron chi connectivity index (χ1n) is 5.12. The van der Waals surface area contributed by atoms with Crippen molar-refractivity contribution in [3.63, 3.8) is 0 Å². The lowest BCUT2D eigenvalue weighted by Crippen LogP contribution is -2.47. The third kappa shape index (κ3) is 1.37. The second-order valence-electron chi connectivity index (χ2n) is 4.37. The molecule has 2 saturated carbocycles. The molecule has 12 heavy (non-hydrogen) atoms. The topological polar surface area (TPSA) is 12.0 Å². The maximum Gasteiger partial charge on any atom is 0.118 e. The van der Waals surface area contributed by atoms with Crippen LogP contribution in [-0.4, -0.2) is 19.3 Å². The van der Waals surface area contributed by atoms with Gasteiger partial charge in [0.15, 0.2) is 0 Å². The summed E-state index contributed by atoms with van der Waals surface area (Å²) in [5.74, 6) is 1.18. The van der Waals surface area contributed by atoms with Gasteiger partial charge in [-0.3, -0.25) is 0 Å². The Bertz CT molecular complexity index is 158. The molecule has 2 bridgehead atoms. The molecule has 0 saturated heterocycles. The number of hydrogen-bond donors (Lipinski definition) is 1. The van der Waals surface area contributed by atoms with Crippen LogP contribution in [0.1, 0.15) is 32.1 Å². The smallest absolute Gasteiger partial charge is 0.118 e. The first-order chi connectivity index (χ1) is 5.81. The fourth-order valence-electron chi connectivity index (χ4n) is 2.93. The maximum atomic E-state index is 13.7. The van der Waals surface area contributed by atoms with Gasteiger partial charge < -0.3 is 5.32 Å². The van der Waals surface area contributed by atoms with Gasteiger partial charge in [-0.05, 0) is 38.1 Å². The van der Waals surface area contributed by atoms with Crippen molar-refractivity contribution in [3.05, 3.63) is 0 Å². The molecule has 0 aromatic carbocycles. The molecular weight excluding hydrogens is 153 g/mol.